The fourth-order valence-electron chi connectivity index (χ4n) is 3.31. The van der Waals surface area contributed by atoms with Crippen LogP contribution < -0.4 is 4.74 Å². The Kier molecular flexibility index (Phi) is 5.64. The monoisotopic (exact) mass is 390 g/mol. The van der Waals surface area contributed by atoms with Crippen molar-refractivity contribution in [3.05, 3.63) is 77.4 Å². The third-order valence-electron chi connectivity index (χ3n) is 4.77. The number of allylic oxidation sites excluding steroid dienone is 4. The molecule has 1 aliphatic carbocycles. The average Bonchev–Trinajstić information content (AvgIpc) is 2.66. The van der Waals surface area contributed by atoms with Crippen LogP contribution in [-0.2, 0) is 6.42 Å². The van der Waals surface area contributed by atoms with Gasteiger partial charge in [-0.05, 0) is 42.2 Å². The summed E-state index contributed by atoms with van der Waals surface area (Å²) in [6.45, 7) is 4.24. The van der Waals surface area contributed by atoms with Crippen molar-refractivity contribution in [3.63, 3.8) is 0 Å². The van der Waals surface area contributed by atoms with Gasteiger partial charge in [0.15, 0.2) is 0 Å². The van der Waals surface area contributed by atoms with Gasteiger partial charge in [0.1, 0.15) is 5.75 Å². The zero-order valence-electron chi connectivity index (χ0n) is 15.8. The molecule has 0 unspecified atom stereocenters. The summed E-state index contributed by atoms with van der Waals surface area (Å²) in [5.41, 5.74) is -0.237. The van der Waals surface area contributed by atoms with Crippen molar-refractivity contribution in [2.75, 3.05) is 6.61 Å². The van der Waals surface area contributed by atoms with Gasteiger partial charge in [-0.2, -0.15) is 17.6 Å². The van der Waals surface area contributed by atoms with E-state index in [1.807, 2.05) is 6.92 Å². The van der Waals surface area contributed by atoms with Gasteiger partial charge in [0.2, 0.25) is 0 Å². The van der Waals surface area contributed by atoms with Gasteiger partial charge in [0.05, 0.1) is 6.61 Å². The van der Waals surface area contributed by atoms with E-state index < -0.39 is 23.0 Å². The molecule has 0 radical (unpaired) electrons. The second-order valence-corrected chi connectivity index (χ2v) is 6.71. The largest absolute Gasteiger partial charge is 0.494 e. The highest BCUT2D eigenvalue weighted by atomic mass is 19.3. The Labute approximate surface area is 162 Å². The maximum atomic E-state index is 14.8. The molecule has 5 heteroatoms. The lowest BCUT2D eigenvalue weighted by molar-refractivity contribution is -0.133. The third-order valence-corrected chi connectivity index (χ3v) is 4.77. The number of rotatable bonds is 6. The molecule has 0 heterocycles. The fourth-order valence-corrected chi connectivity index (χ4v) is 3.31. The van der Waals surface area contributed by atoms with Crippen LogP contribution in [0.1, 0.15) is 37.0 Å². The summed E-state index contributed by atoms with van der Waals surface area (Å²) >= 11 is 0. The Bertz CT molecular complexity index is 802. The van der Waals surface area contributed by atoms with Gasteiger partial charge in [0, 0.05) is 11.1 Å². The van der Waals surface area contributed by atoms with Crippen molar-refractivity contribution in [2.24, 2.45) is 0 Å². The van der Waals surface area contributed by atoms with Crippen molar-refractivity contribution in [1.29, 1.82) is 0 Å². The molecular weight excluding hydrogens is 368 g/mol. The van der Waals surface area contributed by atoms with Gasteiger partial charge in [-0.3, -0.25) is 0 Å². The first-order chi connectivity index (χ1) is 13.3. The van der Waals surface area contributed by atoms with Crippen LogP contribution in [0.2, 0.25) is 0 Å². The van der Waals surface area contributed by atoms with E-state index in [9.17, 15) is 17.6 Å². The van der Waals surface area contributed by atoms with E-state index in [1.165, 1.54) is 36.4 Å². The summed E-state index contributed by atoms with van der Waals surface area (Å²) in [4.78, 5) is 0. The zero-order chi connectivity index (χ0) is 20.4. The molecule has 0 fully saturated rings. The molecule has 0 aliphatic heterocycles. The first-order valence-corrected chi connectivity index (χ1v) is 9.32. The Balaban J connectivity index is 2.00. The number of hydrogen-bond donors (Lipinski definition) is 0. The smallest absolute Gasteiger partial charge is 0.340 e. The van der Waals surface area contributed by atoms with Gasteiger partial charge >= 0.3 is 11.8 Å². The molecule has 3 rings (SSSR count). The molecule has 2 aromatic rings. The second-order valence-electron chi connectivity index (χ2n) is 6.71. The molecule has 0 saturated carbocycles. The Hall–Kier alpha value is -2.56. The van der Waals surface area contributed by atoms with Crippen LogP contribution in [0, 0.1) is 0 Å². The first-order valence-electron chi connectivity index (χ1n) is 9.32. The van der Waals surface area contributed by atoms with E-state index in [1.54, 1.807) is 19.1 Å². The standard InChI is InChI=1S/C23H22F4O/c1-3-5-16-6-8-17(9-7-16)20-14-15-21(23(26,27)22(20,24)25)18-10-12-19(13-11-18)28-4-2/h6-15H,3-5H2,1-2H3. The van der Waals surface area contributed by atoms with Crippen LogP contribution in [0.5, 0.6) is 5.75 Å². The lowest BCUT2D eigenvalue weighted by Gasteiger charge is -2.33. The van der Waals surface area contributed by atoms with Crippen LogP contribution in [0.4, 0.5) is 17.6 Å². The molecule has 0 N–H and O–H groups in total. The van der Waals surface area contributed by atoms with Crippen molar-refractivity contribution >= 4 is 11.1 Å². The van der Waals surface area contributed by atoms with E-state index in [0.717, 1.165) is 30.6 Å². The molecule has 0 aromatic heterocycles. The molecule has 1 aliphatic rings. The molecule has 28 heavy (non-hydrogen) atoms. The minimum Gasteiger partial charge on any atom is -0.494 e. The minimum absolute atomic E-state index is 0.0433. The fraction of sp³-hybridized carbons (Fsp3) is 0.304. The maximum absolute atomic E-state index is 14.8. The summed E-state index contributed by atoms with van der Waals surface area (Å²) in [7, 11) is 0. The highest BCUT2D eigenvalue weighted by molar-refractivity contribution is 5.86. The first kappa shape index (κ1) is 20.2. The van der Waals surface area contributed by atoms with Gasteiger partial charge in [-0.15, -0.1) is 0 Å². The maximum Gasteiger partial charge on any atom is 0.340 e. The minimum atomic E-state index is -4.33. The number of halogens is 4. The Morgan fingerprint density at radius 1 is 0.714 bits per heavy atom. The quantitative estimate of drug-likeness (QED) is 0.494. The number of hydrogen-bond acceptors (Lipinski definition) is 1. The van der Waals surface area contributed by atoms with Crippen LogP contribution in [-0.4, -0.2) is 18.5 Å². The van der Waals surface area contributed by atoms with E-state index in [2.05, 4.69) is 0 Å². The van der Waals surface area contributed by atoms with Gasteiger partial charge in [-0.25, -0.2) is 0 Å². The summed E-state index contributed by atoms with van der Waals surface area (Å²) in [6.07, 6.45) is 3.92. The molecule has 1 nitrogen and oxygen atoms in total. The molecule has 148 valence electrons. The lowest BCUT2D eigenvalue weighted by Crippen LogP contribution is -2.44. The molecule has 0 bridgehead atoms. The van der Waals surface area contributed by atoms with Crippen molar-refractivity contribution < 1.29 is 22.3 Å². The predicted molar refractivity (Wildman–Crippen MR) is 104 cm³/mol. The summed E-state index contributed by atoms with van der Waals surface area (Å²) < 4.78 is 64.6. The van der Waals surface area contributed by atoms with Crippen molar-refractivity contribution in [1.82, 2.24) is 0 Å². The Morgan fingerprint density at radius 3 is 1.61 bits per heavy atom. The summed E-state index contributed by atoms with van der Waals surface area (Å²) in [5.74, 6) is -8.14. The van der Waals surface area contributed by atoms with Gasteiger partial charge < -0.3 is 4.74 Å². The zero-order valence-corrected chi connectivity index (χ0v) is 15.8. The van der Waals surface area contributed by atoms with Crippen LogP contribution in [0.3, 0.4) is 0 Å². The van der Waals surface area contributed by atoms with Crippen molar-refractivity contribution in [2.45, 2.75) is 38.5 Å². The van der Waals surface area contributed by atoms with E-state index in [0.29, 0.717) is 12.4 Å². The predicted octanol–water partition coefficient (Wildman–Crippen LogP) is 6.79. The number of benzene rings is 2. The van der Waals surface area contributed by atoms with Gasteiger partial charge in [0.25, 0.3) is 0 Å². The topological polar surface area (TPSA) is 9.23 Å². The van der Waals surface area contributed by atoms with E-state index in [-0.39, 0.29) is 11.1 Å². The molecule has 0 spiro atoms. The SMILES string of the molecule is CCCc1ccc(C2=CC=C(c3ccc(OCC)cc3)C(F)(F)C2(F)F)cc1. The molecule has 2 aromatic carbocycles. The number of ether oxygens (including phenoxy) is 1. The number of aryl methyl sites for hydroxylation is 1. The molecule has 0 atom stereocenters. The lowest BCUT2D eigenvalue weighted by atomic mass is 9.83. The molecular formula is C23H22F4O. The third kappa shape index (κ3) is 3.58. The molecule has 0 amide bonds. The average molecular weight is 390 g/mol. The molecule has 0 saturated heterocycles. The van der Waals surface area contributed by atoms with Crippen LogP contribution in [0.15, 0.2) is 60.7 Å². The highest BCUT2D eigenvalue weighted by Crippen LogP contribution is 2.53. The Morgan fingerprint density at radius 2 is 1.18 bits per heavy atom. The summed E-state index contributed by atoms with van der Waals surface area (Å²) in [5, 5.41) is 0. The normalized spacial score (nSPS) is 17.6. The van der Waals surface area contributed by atoms with Crippen LogP contribution >= 0.6 is 0 Å². The summed E-state index contributed by atoms with van der Waals surface area (Å²) in [6, 6.07) is 12.1. The van der Waals surface area contributed by atoms with E-state index in [4.69, 9.17) is 4.74 Å². The van der Waals surface area contributed by atoms with Crippen molar-refractivity contribution in [3.8, 4) is 5.75 Å². The van der Waals surface area contributed by atoms with E-state index >= 15 is 0 Å². The van der Waals surface area contributed by atoms with Gasteiger partial charge in [-0.1, -0.05) is 61.9 Å². The highest BCUT2D eigenvalue weighted by Gasteiger charge is 2.62. The van der Waals surface area contributed by atoms with Crippen LogP contribution in [0.25, 0.3) is 11.1 Å². The second kappa shape index (κ2) is 7.82. The number of alkyl halides is 4.